The van der Waals surface area contributed by atoms with E-state index in [4.69, 9.17) is 5.73 Å². The first-order valence-electron chi connectivity index (χ1n) is 5.89. The summed E-state index contributed by atoms with van der Waals surface area (Å²) in [5, 5.41) is 3.66. The molecule has 1 rings (SSSR count). The maximum Gasteiger partial charge on any atom is 0.0218 e. The lowest BCUT2D eigenvalue weighted by Gasteiger charge is -2.27. The Bertz CT molecular complexity index is 169. The SMILES string of the molecule is CCCC(C)C(CN)NC1CC=CC1. The van der Waals surface area contributed by atoms with Gasteiger partial charge in [-0.05, 0) is 25.2 Å². The number of nitrogens with one attached hydrogen (secondary N) is 1. The van der Waals surface area contributed by atoms with Gasteiger partial charge in [-0.1, -0.05) is 32.4 Å². The summed E-state index contributed by atoms with van der Waals surface area (Å²) in [6.45, 7) is 5.30. The molecular weight excluding hydrogens is 172 g/mol. The van der Waals surface area contributed by atoms with Crippen molar-refractivity contribution < 1.29 is 0 Å². The van der Waals surface area contributed by atoms with Crippen LogP contribution in [0.4, 0.5) is 0 Å². The van der Waals surface area contributed by atoms with E-state index in [0.717, 1.165) is 6.54 Å². The topological polar surface area (TPSA) is 38.0 Å². The molecule has 2 unspecified atom stereocenters. The van der Waals surface area contributed by atoms with Gasteiger partial charge in [-0.3, -0.25) is 0 Å². The van der Waals surface area contributed by atoms with Gasteiger partial charge in [0, 0.05) is 18.6 Å². The molecule has 0 saturated carbocycles. The van der Waals surface area contributed by atoms with Crippen molar-refractivity contribution in [2.75, 3.05) is 6.54 Å². The molecule has 3 N–H and O–H groups in total. The van der Waals surface area contributed by atoms with E-state index in [1.54, 1.807) is 0 Å². The highest BCUT2D eigenvalue weighted by atomic mass is 15.0. The molecule has 2 nitrogen and oxygen atoms in total. The summed E-state index contributed by atoms with van der Waals surface area (Å²) in [6, 6.07) is 1.14. The van der Waals surface area contributed by atoms with Crippen LogP contribution in [0.3, 0.4) is 0 Å². The molecule has 0 bridgehead atoms. The van der Waals surface area contributed by atoms with Gasteiger partial charge in [-0.25, -0.2) is 0 Å². The molecule has 1 aliphatic carbocycles. The van der Waals surface area contributed by atoms with Crippen molar-refractivity contribution in [3.63, 3.8) is 0 Å². The third-order valence-corrected chi connectivity index (χ3v) is 3.14. The van der Waals surface area contributed by atoms with Crippen LogP contribution in [0.5, 0.6) is 0 Å². The molecule has 0 aromatic rings. The first-order valence-corrected chi connectivity index (χ1v) is 5.89. The van der Waals surface area contributed by atoms with E-state index in [0.29, 0.717) is 18.0 Å². The van der Waals surface area contributed by atoms with Crippen molar-refractivity contribution in [2.45, 2.75) is 51.6 Å². The summed E-state index contributed by atoms with van der Waals surface area (Å²) in [4.78, 5) is 0. The van der Waals surface area contributed by atoms with E-state index in [9.17, 15) is 0 Å². The van der Waals surface area contributed by atoms with Crippen LogP contribution in [0.15, 0.2) is 12.2 Å². The third kappa shape index (κ3) is 3.43. The lowest BCUT2D eigenvalue weighted by atomic mass is 9.96. The first-order chi connectivity index (χ1) is 6.77. The molecule has 0 spiro atoms. The molecule has 0 aromatic heterocycles. The lowest BCUT2D eigenvalue weighted by molar-refractivity contribution is 0.328. The molecule has 0 fully saturated rings. The van der Waals surface area contributed by atoms with Crippen LogP contribution in [-0.4, -0.2) is 18.6 Å². The van der Waals surface area contributed by atoms with E-state index in [1.165, 1.54) is 25.7 Å². The normalized spacial score (nSPS) is 21.4. The maximum absolute atomic E-state index is 5.80. The number of hydrogen-bond acceptors (Lipinski definition) is 2. The van der Waals surface area contributed by atoms with Crippen LogP contribution in [0, 0.1) is 5.92 Å². The first kappa shape index (κ1) is 11.7. The zero-order valence-electron chi connectivity index (χ0n) is 9.50. The van der Waals surface area contributed by atoms with Crippen molar-refractivity contribution in [1.82, 2.24) is 5.32 Å². The van der Waals surface area contributed by atoms with Crippen LogP contribution in [0.1, 0.15) is 39.5 Å². The Hall–Kier alpha value is -0.340. The summed E-state index contributed by atoms with van der Waals surface area (Å²) in [5.74, 6) is 0.700. The summed E-state index contributed by atoms with van der Waals surface area (Å²) in [7, 11) is 0. The second-order valence-corrected chi connectivity index (χ2v) is 4.41. The Morgan fingerprint density at radius 3 is 2.57 bits per heavy atom. The molecule has 0 amide bonds. The molecule has 14 heavy (non-hydrogen) atoms. The van der Waals surface area contributed by atoms with Crippen molar-refractivity contribution >= 4 is 0 Å². The highest BCUT2D eigenvalue weighted by Crippen LogP contribution is 2.15. The quantitative estimate of drug-likeness (QED) is 0.638. The lowest BCUT2D eigenvalue weighted by Crippen LogP contribution is -2.45. The van der Waals surface area contributed by atoms with Gasteiger partial charge in [-0.15, -0.1) is 0 Å². The largest absolute Gasteiger partial charge is 0.329 e. The van der Waals surface area contributed by atoms with E-state index in [-0.39, 0.29) is 0 Å². The Labute approximate surface area is 87.9 Å². The van der Waals surface area contributed by atoms with Gasteiger partial charge in [0.25, 0.3) is 0 Å². The van der Waals surface area contributed by atoms with Gasteiger partial charge in [0.15, 0.2) is 0 Å². The fraction of sp³-hybridized carbons (Fsp3) is 0.833. The second kappa shape index (κ2) is 6.20. The van der Waals surface area contributed by atoms with Gasteiger partial charge in [-0.2, -0.15) is 0 Å². The highest BCUT2D eigenvalue weighted by Gasteiger charge is 2.19. The van der Waals surface area contributed by atoms with Gasteiger partial charge < -0.3 is 11.1 Å². The second-order valence-electron chi connectivity index (χ2n) is 4.41. The summed E-state index contributed by atoms with van der Waals surface area (Å²) >= 11 is 0. The van der Waals surface area contributed by atoms with Crippen LogP contribution in [-0.2, 0) is 0 Å². The predicted molar refractivity (Wildman–Crippen MR) is 62.2 cm³/mol. The monoisotopic (exact) mass is 196 g/mol. The molecule has 82 valence electrons. The molecule has 1 aliphatic rings. The minimum atomic E-state index is 0.500. The minimum Gasteiger partial charge on any atom is -0.329 e. The standard InChI is InChI=1S/C12H24N2/c1-3-6-10(2)12(9-13)14-11-7-4-5-8-11/h4-5,10-12,14H,3,6-9,13H2,1-2H3. The Kier molecular flexibility index (Phi) is 5.20. The summed E-state index contributed by atoms with van der Waals surface area (Å²) < 4.78 is 0. The zero-order valence-corrected chi connectivity index (χ0v) is 9.50. The molecule has 0 heterocycles. The maximum atomic E-state index is 5.80. The van der Waals surface area contributed by atoms with Crippen molar-refractivity contribution in [3.05, 3.63) is 12.2 Å². The number of rotatable bonds is 6. The fourth-order valence-electron chi connectivity index (χ4n) is 2.18. The van der Waals surface area contributed by atoms with E-state index in [2.05, 4.69) is 31.3 Å². The van der Waals surface area contributed by atoms with Gasteiger partial charge in [0.1, 0.15) is 0 Å². The van der Waals surface area contributed by atoms with Crippen LogP contribution >= 0.6 is 0 Å². The minimum absolute atomic E-state index is 0.500. The van der Waals surface area contributed by atoms with Crippen LogP contribution in [0.2, 0.25) is 0 Å². The van der Waals surface area contributed by atoms with Crippen LogP contribution < -0.4 is 11.1 Å². The third-order valence-electron chi connectivity index (χ3n) is 3.14. The molecule has 0 aliphatic heterocycles. The fourth-order valence-corrected chi connectivity index (χ4v) is 2.18. The average molecular weight is 196 g/mol. The van der Waals surface area contributed by atoms with Gasteiger partial charge in [0.05, 0.1) is 0 Å². The Balaban J connectivity index is 2.29. The average Bonchev–Trinajstić information content (AvgIpc) is 2.66. The zero-order chi connectivity index (χ0) is 10.4. The Morgan fingerprint density at radius 2 is 2.07 bits per heavy atom. The molecule has 0 saturated heterocycles. The molecule has 0 aromatic carbocycles. The van der Waals surface area contributed by atoms with Crippen LogP contribution in [0.25, 0.3) is 0 Å². The number of nitrogens with two attached hydrogens (primary N) is 1. The predicted octanol–water partition coefficient (Wildman–Crippen LogP) is 2.06. The Morgan fingerprint density at radius 1 is 1.43 bits per heavy atom. The van der Waals surface area contributed by atoms with E-state index < -0.39 is 0 Å². The van der Waals surface area contributed by atoms with Gasteiger partial charge >= 0.3 is 0 Å². The highest BCUT2D eigenvalue weighted by molar-refractivity contribution is 4.99. The van der Waals surface area contributed by atoms with Crippen molar-refractivity contribution in [3.8, 4) is 0 Å². The summed E-state index contributed by atoms with van der Waals surface area (Å²) in [5.41, 5.74) is 5.80. The van der Waals surface area contributed by atoms with Crippen molar-refractivity contribution in [1.29, 1.82) is 0 Å². The molecule has 2 heteroatoms. The smallest absolute Gasteiger partial charge is 0.0218 e. The van der Waals surface area contributed by atoms with Crippen molar-refractivity contribution in [2.24, 2.45) is 11.7 Å². The van der Waals surface area contributed by atoms with E-state index in [1.807, 2.05) is 0 Å². The summed E-state index contributed by atoms with van der Waals surface area (Å²) in [6.07, 6.45) is 9.40. The van der Waals surface area contributed by atoms with Gasteiger partial charge in [0.2, 0.25) is 0 Å². The van der Waals surface area contributed by atoms with E-state index >= 15 is 0 Å². The molecule has 0 radical (unpaired) electrons. The molecular formula is C12H24N2. The molecule has 2 atom stereocenters. The number of hydrogen-bond donors (Lipinski definition) is 2.